The van der Waals surface area contributed by atoms with Crippen LogP contribution in [0.4, 0.5) is 0 Å². The lowest BCUT2D eigenvalue weighted by molar-refractivity contribution is 0.0944. The van der Waals surface area contributed by atoms with Gasteiger partial charge >= 0.3 is 0 Å². The average Bonchev–Trinajstić information content (AvgIpc) is 2.17. The zero-order valence-electron chi connectivity index (χ0n) is 8.79. The van der Waals surface area contributed by atoms with E-state index in [1.807, 2.05) is 0 Å². The molecule has 0 saturated heterocycles. The van der Waals surface area contributed by atoms with Gasteiger partial charge < -0.3 is 15.2 Å². The summed E-state index contributed by atoms with van der Waals surface area (Å²) in [5, 5.41) is 0. The molecule has 0 aromatic heterocycles. The molecule has 0 spiro atoms. The van der Waals surface area contributed by atoms with Crippen molar-refractivity contribution in [2.75, 3.05) is 53.1 Å². The van der Waals surface area contributed by atoms with Crippen LogP contribution in [0.1, 0.15) is 6.92 Å². The molecular weight excluding hydrogens is 168 g/mol. The van der Waals surface area contributed by atoms with Crippen LogP contribution in [0.25, 0.3) is 0 Å². The molecular formula is C9H22N2O2. The SMILES string of the molecule is CCN(CCOC)CCOCCN. The van der Waals surface area contributed by atoms with Gasteiger partial charge in [-0.25, -0.2) is 0 Å². The Labute approximate surface area is 81.0 Å². The Morgan fingerprint density at radius 1 is 1.15 bits per heavy atom. The van der Waals surface area contributed by atoms with Gasteiger partial charge in [0.1, 0.15) is 0 Å². The van der Waals surface area contributed by atoms with Gasteiger partial charge in [0, 0.05) is 26.7 Å². The summed E-state index contributed by atoms with van der Waals surface area (Å²) < 4.78 is 10.3. The summed E-state index contributed by atoms with van der Waals surface area (Å²) in [6.45, 7) is 7.90. The first kappa shape index (κ1) is 12.8. The van der Waals surface area contributed by atoms with Crippen molar-refractivity contribution in [2.24, 2.45) is 5.73 Å². The van der Waals surface area contributed by atoms with Gasteiger partial charge in [-0.15, -0.1) is 0 Å². The summed E-state index contributed by atoms with van der Waals surface area (Å²) in [5.74, 6) is 0. The second-order valence-electron chi connectivity index (χ2n) is 2.83. The number of nitrogens with zero attached hydrogens (tertiary/aromatic N) is 1. The minimum Gasteiger partial charge on any atom is -0.383 e. The maximum absolute atomic E-state index is 5.30. The zero-order valence-corrected chi connectivity index (χ0v) is 8.79. The minimum absolute atomic E-state index is 0.601. The van der Waals surface area contributed by atoms with E-state index in [1.54, 1.807) is 7.11 Å². The van der Waals surface area contributed by atoms with Gasteiger partial charge in [-0.2, -0.15) is 0 Å². The van der Waals surface area contributed by atoms with E-state index in [1.165, 1.54) is 0 Å². The molecule has 0 unspecified atom stereocenters. The predicted octanol–water partition coefficient (Wildman–Crippen LogP) is -0.0700. The summed E-state index contributed by atoms with van der Waals surface area (Å²) in [4.78, 5) is 2.29. The number of ether oxygens (including phenoxy) is 2. The number of methoxy groups -OCH3 is 1. The maximum Gasteiger partial charge on any atom is 0.0594 e. The van der Waals surface area contributed by atoms with Gasteiger partial charge in [-0.05, 0) is 6.54 Å². The van der Waals surface area contributed by atoms with E-state index in [0.29, 0.717) is 13.2 Å². The molecule has 0 bridgehead atoms. The first-order valence-corrected chi connectivity index (χ1v) is 4.84. The molecule has 0 amide bonds. The van der Waals surface area contributed by atoms with Crippen molar-refractivity contribution in [1.29, 1.82) is 0 Å². The van der Waals surface area contributed by atoms with Crippen LogP contribution in [0, 0.1) is 0 Å². The molecule has 0 radical (unpaired) electrons. The van der Waals surface area contributed by atoms with Gasteiger partial charge in [-0.1, -0.05) is 6.92 Å². The Hall–Kier alpha value is -0.160. The van der Waals surface area contributed by atoms with E-state index in [2.05, 4.69) is 11.8 Å². The van der Waals surface area contributed by atoms with Gasteiger partial charge in [0.2, 0.25) is 0 Å². The van der Waals surface area contributed by atoms with Crippen LogP contribution in [-0.2, 0) is 9.47 Å². The third-order valence-corrected chi connectivity index (χ3v) is 1.87. The first-order chi connectivity index (χ1) is 6.35. The summed E-state index contributed by atoms with van der Waals surface area (Å²) >= 11 is 0. The van der Waals surface area contributed by atoms with E-state index >= 15 is 0 Å². The smallest absolute Gasteiger partial charge is 0.0594 e. The fraction of sp³-hybridized carbons (Fsp3) is 1.00. The molecule has 0 rings (SSSR count). The highest BCUT2D eigenvalue weighted by Gasteiger charge is 2.00. The van der Waals surface area contributed by atoms with E-state index in [9.17, 15) is 0 Å². The summed E-state index contributed by atoms with van der Waals surface area (Å²) in [7, 11) is 1.72. The Kier molecular flexibility index (Phi) is 9.80. The third-order valence-electron chi connectivity index (χ3n) is 1.87. The lowest BCUT2D eigenvalue weighted by Gasteiger charge is -2.19. The highest BCUT2D eigenvalue weighted by molar-refractivity contribution is 4.53. The number of likely N-dealkylation sites (N-methyl/N-ethyl adjacent to an activating group) is 1. The Bertz CT molecular complexity index is 102. The molecule has 4 heteroatoms. The quantitative estimate of drug-likeness (QED) is 0.517. The molecule has 4 nitrogen and oxygen atoms in total. The van der Waals surface area contributed by atoms with Gasteiger partial charge in [-0.3, -0.25) is 4.90 Å². The maximum atomic E-state index is 5.30. The number of hydrogen-bond acceptors (Lipinski definition) is 4. The van der Waals surface area contributed by atoms with Gasteiger partial charge in [0.05, 0.1) is 19.8 Å². The van der Waals surface area contributed by atoms with E-state index in [4.69, 9.17) is 15.2 Å². The van der Waals surface area contributed by atoms with Crippen molar-refractivity contribution in [3.8, 4) is 0 Å². The Morgan fingerprint density at radius 3 is 2.38 bits per heavy atom. The molecule has 0 saturated carbocycles. The normalized spacial score (nSPS) is 11.1. The largest absolute Gasteiger partial charge is 0.383 e. The fourth-order valence-corrected chi connectivity index (χ4v) is 1.03. The van der Waals surface area contributed by atoms with Crippen molar-refractivity contribution >= 4 is 0 Å². The molecule has 0 aromatic carbocycles. The Morgan fingerprint density at radius 2 is 1.85 bits per heavy atom. The average molecular weight is 190 g/mol. The number of hydrogen-bond donors (Lipinski definition) is 1. The molecule has 80 valence electrons. The topological polar surface area (TPSA) is 47.7 Å². The predicted molar refractivity (Wildman–Crippen MR) is 53.9 cm³/mol. The first-order valence-electron chi connectivity index (χ1n) is 4.84. The highest BCUT2D eigenvalue weighted by atomic mass is 16.5. The number of rotatable bonds is 9. The standard InChI is InChI=1S/C9H22N2O2/c1-3-11(5-8-12-2)6-9-13-7-4-10/h3-10H2,1-2H3. The van der Waals surface area contributed by atoms with Crippen LogP contribution in [-0.4, -0.2) is 58.0 Å². The second kappa shape index (κ2) is 9.92. The van der Waals surface area contributed by atoms with Crippen LogP contribution in [0.3, 0.4) is 0 Å². The molecule has 0 aliphatic carbocycles. The Balaban J connectivity index is 3.25. The van der Waals surface area contributed by atoms with Crippen molar-refractivity contribution < 1.29 is 9.47 Å². The van der Waals surface area contributed by atoms with Crippen LogP contribution in [0.5, 0.6) is 0 Å². The molecule has 2 N–H and O–H groups in total. The van der Waals surface area contributed by atoms with E-state index in [-0.39, 0.29) is 0 Å². The minimum atomic E-state index is 0.601. The summed E-state index contributed by atoms with van der Waals surface area (Å²) in [6, 6.07) is 0. The summed E-state index contributed by atoms with van der Waals surface area (Å²) in [6.07, 6.45) is 0. The van der Waals surface area contributed by atoms with Crippen LogP contribution in [0.15, 0.2) is 0 Å². The third kappa shape index (κ3) is 8.18. The molecule has 13 heavy (non-hydrogen) atoms. The van der Waals surface area contributed by atoms with Crippen molar-refractivity contribution in [1.82, 2.24) is 4.90 Å². The fourth-order valence-electron chi connectivity index (χ4n) is 1.03. The molecule has 0 heterocycles. The van der Waals surface area contributed by atoms with Crippen LogP contribution >= 0.6 is 0 Å². The van der Waals surface area contributed by atoms with Crippen LogP contribution in [0.2, 0.25) is 0 Å². The van der Waals surface area contributed by atoms with E-state index in [0.717, 1.165) is 32.8 Å². The van der Waals surface area contributed by atoms with Crippen LogP contribution < -0.4 is 5.73 Å². The van der Waals surface area contributed by atoms with Crippen molar-refractivity contribution in [2.45, 2.75) is 6.92 Å². The van der Waals surface area contributed by atoms with Gasteiger partial charge in [0.15, 0.2) is 0 Å². The monoisotopic (exact) mass is 190 g/mol. The number of nitrogens with two attached hydrogens (primary N) is 1. The van der Waals surface area contributed by atoms with E-state index < -0.39 is 0 Å². The van der Waals surface area contributed by atoms with Crippen molar-refractivity contribution in [3.05, 3.63) is 0 Å². The molecule has 0 aromatic rings. The lowest BCUT2D eigenvalue weighted by Crippen LogP contribution is -2.31. The van der Waals surface area contributed by atoms with Gasteiger partial charge in [0.25, 0.3) is 0 Å². The molecule has 0 fully saturated rings. The van der Waals surface area contributed by atoms with Crippen molar-refractivity contribution in [3.63, 3.8) is 0 Å². The zero-order chi connectivity index (χ0) is 9.94. The molecule has 0 aliphatic rings. The molecule has 0 atom stereocenters. The lowest BCUT2D eigenvalue weighted by atomic mass is 10.5. The highest BCUT2D eigenvalue weighted by Crippen LogP contribution is 1.87. The summed E-state index contributed by atoms with van der Waals surface area (Å²) in [5.41, 5.74) is 5.30. The molecule has 0 aliphatic heterocycles. The second-order valence-corrected chi connectivity index (χ2v) is 2.83.